The van der Waals surface area contributed by atoms with Crippen LogP contribution in [0.2, 0.25) is 0 Å². The number of para-hydroxylation sites is 2. The third-order valence-electron chi connectivity index (χ3n) is 8.58. The number of amides is 1. The molecule has 0 bridgehead atoms. The second-order valence-electron chi connectivity index (χ2n) is 10.8. The van der Waals surface area contributed by atoms with E-state index in [9.17, 15) is 21.6 Å². The van der Waals surface area contributed by atoms with Crippen LogP contribution in [0.1, 0.15) is 43.7 Å². The molecule has 0 unspecified atom stereocenters. The number of rotatable bonds is 7. The van der Waals surface area contributed by atoms with Gasteiger partial charge in [0.25, 0.3) is 15.9 Å². The third-order valence-corrected chi connectivity index (χ3v) is 12.5. The van der Waals surface area contributed by atoms with E-state index in [1.807, 2.05) is 34.6 Å². The molecule has 1 aliphatic rings. The summed E-state index contributed by atoms with van der Waals surface area (Å²) in [6.07, 6.45) is 0. The molecule has 4 rings (SSSR count). The predicted octanol–water partition coefficient (Wildman–Crippen LogP) is 4.52. The minimum atomic E-state index is -4.01. The quantitative estimate of drug-likeness (QED) is 0.388. The molecule has 0 N–H and O–H groups in total. The Kier molecular flexibility index (Phi) is 8.78. The number of aryl methyl sites for hydroxylation is 1. The number of methoxy groups -OCH3 is 1. The number of piperazine rings is 1. The van der Waals surface area contributed by atoms with Crippen molar-refractivity contribution in [3.05, 3.63) is 81.4 Å². The molecule has 1 amide bonds. The Morgan fingerprint density at radius 3 is 1.90 bits per heavy atom. The van der Waals surface area contributed by atoms with E-state index in [1.54, 1.807) is 42.2 Å². The molecule has 9 nitrogen and oxygen atoms in total. The van der Waals surface area contributed by atoms with Gasteiger partial charge in [-0.3, -0.25) is 9.10 Å². The largest absolute Gasteiger partial charge is 0.495 e. The van der Waals surface area contributed by atoms with Gasteiger partial charge in [-0.15, -0.1) is 0 Å². The molecule has 1 heterocycles. The van der Waals surface area contributed by atoms with Crippen LogP contribution in [0.25, 0.3) is 0 Å². The monoisotopic (exact) mass is 613 g/mol. The molecule has 1 saturated heterocycles. The van der Waals surface area contributed by atoms with Crippen molar-refractivity contribution in [1.29, 1.82) is 0 Å². The average Bonchev–Trinajstić information content (AvgIpc) is 2.98. The van der Waals surface area contributed by atoms with E-state index in [2.05, 4.69) is 0 Å². The van der Waals surface area contributed by atoms with Crippen LogP contribution in [0.15, 0.2) is 52.3 Å². The van der Waals surface area contributed by atoms with E-state index < -0.39 is 20.0 Å². The Bertz CT molecular complexity index is 1730. The van der Waals surface area contributed by atoms with Crippen molar-refractivity contribution in [3.63, 3.8) is 0 Å². The summed E-state index contributed by atoms with van der Waals surface area (Å²) in [5.41, 5.74) is 5.78. The van der Waals surface area contributed by atoms with Crippen LogP contribution in [0.5, 0.6) is 5.75 Å². The van der Waals surface area contributed by atoms with Gasteiger partial charge in [-0.2, -0.15) is 4.31 Å². The Labute approximate surface area is 249 Å². The van der Waals surface area contributed by atoms with Crippen LogP contribution in [0, 0.1) is 41.5 Å². The number of carbonyl (C=O) groups excluding carboxylic acids is 1. The molecule has 0 aliphatic carbocycles. The van der Waals surface area contributed by atoms with Gasteiger partial charge in [0.05, 0.1) is 22.6 Å². The summed E-state index contributed by atoms with van der Waals surface area (Å²) in [6.45, 7) is 12.0. The molecule has 0 radical (unpaired) electrons. The van der Waals surface area contributed by atoms with Gasteiger partial charge in [-0.05, 0) is 99.2 Å². The van der Waals surface area contributed by atoms with E-state index in [0.29, 0.717) is 21.9 Å². The number of ether oxygens (including phenoxy) is 1. The van der Waals surface area contributed by atoms with Crippen LogP contribution in [-0.2, 0) is 20.0 Å². The number of carbonyl (C=O) groups is 1. The molecule has 0 atom stereocenters. The zero-order valence-corrected chi connectivity index (χ0v) is 27.1. The topological polar surface area (TPSA) is 104 Å². The molecule has 0 spiro atoms. The summed E-state index contributed by atoms with van der Waals surface area (Å²) >= 11 is 0. The van der Waals surface area contributed by atoms with Crippen molar-refractivity contribution in [2.45, 2.75) is 51.3 Å². The lowest BCUT2D eigenvalue weighted by Crippen LogP contribution is -2.50. The molecular weight excluding hydrogens is 574 g/mol. The zero-order valence-electron chi connectivity index (χ0n) is 25.5. The standard InChI is InChI=1S/C31H39N3O6S2/c1-20-13-14-26(41(36,37)32(7)28-11-9-10-12-29(28)40-8)19-27(20)31(35)33-15-17-34(18-16-33)42(38,39)30-24(5)22(3)21(2)23(4)25(30)6/h9-14,19H,15-18H2,1-8H3. The fraction of sp³-hybridized carbons (Fsp3) is 0.387. The molecule has 3 aromatic rings. The average molecular weight is 614 g/mol. The summed E-state index contributed by atoms with van der Waals surface area (Å²) in [6, 6.07) is 11.3. The highest BCUT2D eigenvalue weighted by Crippen LogP contribution is 2.33. The lowest BCUT2D eigenvalue weighted by Gasteiger charge is -2.35. The lowest BCUT2D eigenvalue weighted by molar-refractivity contribution is 0.0697. The number of sulfonamides is 2. The fourth-order valence-corrected chi connectivity index (χ4v) is 8.67. The first-order valence-electron chi connectivity index (χ1n) is 13.7. The minimum Gasteiger partial charge on any atom is -0.495 e. The normalized spacial score (nSPS) is 14.6. The molecule has 1 aliphatic heterocycles. The molecule has 11 heteroatoms. The van der Waals surface area contributed by atoms with Crippen molar-refractivity contribution in [2.75, 3.05) is 44.6 Å². The van der Waals surface area contributed by atoms with Crippen molar-refractivity contribution in [3.8, 4) is 5.75 Å². The highest BCUT2D eigenvalue weighted by atomic mass is 32.2. The van der Waals surface area contributed by atoms with Gasteiger partial charge < -0.3 is 9.64 Å². The van der Waals surface area contributed by atoms with Crippen molar-refractivity contribution >= 4 is 31.6 Å². The van der Waals surface area contributed by atoms with E-state index in [-0.39, 0.29) is 42.5 Å². The van der Waals surface area contributed by atoms with Crippen molar-refractivity contribution in [1.82, 2.24) is 9.21 Å². The van der Waals surface area contributed by atoms with Gasteiger partial charge in [-0.25, -0.2) is 16.8 Å². The Hall–Kier alpha value is -3.41. The van der Waals surface area contributed by atoms with Crippen molar-refractivity contribution in [2.24, 2.45) is 0 Å². The SMILES string of the molecule is COc1ccccc1N(C)S(=O)(=O)c1ccc(C)c(C(=O)N2CCN(S(=O)(=O)c3c(C)c(C)c(C)c(C)c3C)CC2)c1. The summed E-state index contributed by atoms with van der Waals surface area (Å²) in [5, 5.41) is 0. The van der Waals surface area contributed by atoms with Crippen molar-refractivity contribution < 1.29 is 26.4 Å². The van der Waals surface area contributed by atoms with E-state index in [1.165, 1.54) is 30.6 Å². The first kappa shape index (κ1) is 31.5. The highest BCUT2D eigenvalue weighted by molar-refractivity contribution is 7.92. The third kappa shape index (κ3) is 5.41. The first-order chi connectivity index (χ1) is 19.6. The first-order valence-corrected chi connectivity index (χ1v) is 16.6. The molecule has 42 heavy (non-hydrogen) atoms. The summed E-state index contributed by atoms with van der Waals surface area (Å²) < 4.78 is 62.5. The molecule has 0 saturated carbocycles. The maximum atomic E-state index is 13.8. The number of benzene rings is 3. The van der Waals surface area contributed by atoms with Crippen LogP contribution in [0.4, 0.5) is 5.69 Å². The van der Waals surface area contributed by atoms with Crippen LogP contribution in [-0.4, -0.2) is 72.3 Å². The Morgan fingerprint density at radius 2 is 1.33 bits per heavy atom. The van der Waals surface area contributed by atoms with Gasteiger partial charge in [0, 0.05) is 38.8 Å². The Morgan fingerprint density at radius 1 is 0.786 bits per heavy atom. The Balaban J connectivity index is 1.57. The molecule has 0 aromatic heterocycles. The summed E-state index contributed by atoms with van der Waals surface area (Å²) in [5.74, 6) is 0.0667. The second-order valence-corrected chi connectivity index (χ2v) is 14.6. The minimum absolute atomic E-state index is 0.0258. The summed E-state index contributed by atoms with van der Waals surface area (Å²) in [7, 11) is -4.88. The van der Waals surface area contributed by atoms with Crippen LogP contribution in [0.3, 0.4) is 0 Å². The van der Waals surface area contributed by atoms with Gasteiger partial charge in [0.1, 0.15) is 5.75 Å². The van der Waals surface area contributed by atoms with Gasteiger partial charge in [-0.1, -0.05) is 18.2 Å². The van der Waals surface area contributed by atoms with E-state index in [4.69, 9.17) is 4.74 Å². The van der Waals surface area contributed by atoms with Crippen LogP contribution >= 0.6 is 0 Å². The van der Waals surface area contributed by atoms with Crippen LogP contribution < -0.4 is 9.04 Å². The number of anilines is 1. The highest BCUT2D eigenvalue weighted by Gasteiger charge is 2.34. The second kappa shape index (κ2) is 11.7. The smallest absolute Gasteiger partial charge is 0.264 e. The van der Waals surface area contributed by atoms with Gasteiger partial charge in [0.15, 0.2) is 0 Å². The van der Waals surface area contributed by atoms with E-state index >= 15 is 0 Å². The predicted molar refractivity (Wildman–Crippen MR) is 165 cm³/mol. The maximum absolute atomic E-state index is 13.8. The van der Waals surface area contributed by atoms with E-state index in [0.717, 1.165) is 32.1 Å². The van der Waals surface area contributed by atoms with Gasteiger partial charge in [0.2, 0.25) is 10.0 Å². The fourth-order valence-electron chi connectivity index (χ4n) is 5.45. The van der Waals surface area contributed by atoms with Gasteiger partial charge >= 0.3 is 0 Å². The summed E-state index contributed by atoms with van der Waals surface area (Å²) in [4.78, 5) is 15.5. The number of nitrogens with zero attached hydrogens (tertiary/aromatic N) is 3. The molecular formula is C31H39N3O6S2. The molecule has 1 fully saturated rings. The zero-order chi connectivity index (χ0) is 31.1. The maximum Gasteiger partial charge on any atom is 0.264 e. The molecule has 226 valence electrons. The number of hydrogen-bond donors (Lipinski definition) is 0. The molecule has 3 aromatic carbocycles. The lowest BCUT2D eigenvalue weighted by atomic mass is 9.95. The number of hydrogen-bond acceptors (Lipinski definition) is 6.